The highest BCUT2D eigenvalue weighted by molar-refractivity contribution is 6.50. The summed E-state index contributed by atoms with van der Waals surface area (Å²) in [7, 11) is -2.13. The van der Waals surface area contributed by atoms with Gasteiger partial charge < -0.3 is 31.2 Å². The van der Waals surface area contributed by atoms with Crippen LogP contribution < -0.4 is 0 Å². The lowest BCUT2D eigenvalue weighted by molar-refractivity contribution is -0.951. The van der Waals surface area contributed by atoms with Gasteiger partial charge >= 0.3 is 7.25 Å². The molecule has 0 rings (SSSR count). The quantitative estimate of drug-likeness (QED) is 0.321. The Balaban J connectivity index is 0. The fraction of sp³-hybridized carbons (Fsp3) is 1.00. The SMILES string of the molecule is CC[N+](C)(CC)C(C)OC(C)OC.F[B-](F)(F)F. The normalized spacial score (nSPS) is 15.7. The van der Waals surface area contributed by atoms with E-state index >= 15 is 0 Å². The number of halogens is 4. The third kappa shape index (κ3) is 10.8. The Morgan fingerprint density at radius 2 is 1.39 bits per heavy atom. The molecule has 2 unspecified atom stereocenters. The van der Waals surface area contributed by atoms with Gasteiger partial charge in [0.05, 0.1) is 20.1 Å². The average Bonchev–Trinajstić information content (AvgIpc) is 2.25. The molecule has 0 fully saturated rings. The average molecular weight is 277 g/mol. The molecule has 8 heteroatoms. The van der Waals surface area contributed by atoms with E-state index in [9.17, 15) is 17.3 Å². The first-order valence-corrected chi connectivity index (χ1v) is 5.90. The van der Waals surface area contributed by atoms with E-state index in [4.69, 9.17) is 9.47 Å². The summed E-state index contributed by atoms with van der Waals surface area (Å²) in [6, 6.07) is 0. The zero-order valence-electron chi connectivity index (χ0n) is 11.9. The molecule has 0 radical (unpaired) electrons. The summed E-state index contributed by atoms with van der Waals surface area (Å²) < 4.78 is 50.7. The minimum Gasteiger partial charge on any atom is -0.418 e. The van der Waals surface area contributed by atoms with Gasteiger partial charge in [0, 0.05) is 14.0 Å². The summed E-state index contributed by atoms with van der Waals surface area (Å²) in [4.78, 5) is 0. The number of hydrogen-bond donors (Lipinski definition) is 0. The van der Waals surface area contributed by atoms with E-state index < -0.39 is 7.25 Å². The molecule has 0 bridgehead atoms. The minimum atomic E-state index is -6.00. The highest BCUT2D eigenvalue weighted by atomic mass is 19.5. The van der Waals surface area contributed by atoms with Crippen molar-refractivity contribution in [2.24, 2.45) is 0 Å². The first-order chi connectivity index (χ1) is 8.00. The summed E-state index contributed by atoms with van der Waals surface area (Å²) in [6.07, 6.45) is 0.0653. The molecule has 2 atom stereocenters. The van der Waals surface area contributed by atoms with E-state index in [0.29, 0.717) is 0 Å². The molecule has 112 valence electrons. The third-order valence-electron chi connectivity index (χ3n) is 3.04. The smallest absolute Gasteiger partial charge is 0.418 e. The molecule has 18 heavy (non-hydrogen) atoms. The van der Waals surface area contributed by atoms with Crippen molar-refractivity contribution in [1.29, 1.82) is 0 Å². The summed E-state index contributed by atoms with van der Waals surface area (Å²) in [5.41, 5.74) is 0. The number of rotatable bonds is 6. The van der Waals surface area contributed by atoms with Gasteiger partial charge in [-0.2, -0.15) is 0 Å². The van der Waals surface area contributed by atoms with Crippen LogP contribution >= 0.6 is 0 Å². The fourth-order valence-electron chi connectivity index (χ4n) is 1.22. The van der Waals surface area contributed by atoms with Gasteiger partial charge in [-0.05, 0) is 20.8 Å². The van der Waals surface area contributed by atoms with Gasteiger partial charge in [0.2, 0.25) is 0 Å². The molecule has 0 N–H and O–H groups in total. The Morgan fingerprint density at radius 3 is 1.61 bits per heavy atom. The van der Waals surface area contributed by atoms with Crippen LogP contribution in [0.2, 0.25) is 0 Å². The highest BCUT2D eigenvalue weighted by Gasteiger charge is 2.27. The predicted octanol–water partition coefficient (Wildman–Crippen LogP) is 3.13. The van der Waals surface area contributed by atoms with Gasteiger partial charge in [-0.1, -0.05) is 0 Å². The van der Waals surface area contributed by atoms with Gasteiger partial charge in [-0.25, -0.2) is 0 Å². The van der Waals surface area contributed by atoms with Crippen LogP contribution in [0, 0.1) is 0 Å². The van der Waals surface area contributed by atoms with E-state index in [-0.39, 0.29) is 12.5 Å². The van der Waals surface area contributed by atoms with E-state index in [1.807, 2.05) is 6.92 Å². The van der Waals surface area contributed by atoms with Crippen molar-refractivity contribution in [1.82, 2.24) is 0 Å². The van der Waals surface area contributed by atoms with Crippen molar-refractivity contribution in [2.45, 2.75) is 40.2 Å². The van der Waals surface area contributed by atoms with Crippen molar-refractivity contribution in [3.8, 4) is 0 Å². The molecule has 0 amide bonds. The van der Waals surface area contributed by atoms with Crippen LogP contribution in [0.15, 0.2) is 0 Å². The zero-order valence-corrected chi connectivity index (χ0v) is 11.9. The maximum Gasteiger partial charge on any atom is 0.673 e. The van der Waals surface area contributed by atoms with Crippen LogP contribution in [0.25, 0.3) is 0 Å². The molecule has 0 saturated heterocycles. The number of hydrogen-bond acceptors (Lipinski definition) is 2. The lowest BCUT2D eigenvalue weighted by Gasteiger charge is -2.38. The number of quaternary nitrogens is 1. The van der Waals surface area contributed by atoms with Crippen LogP contribution in [0.1, 0.15) is 27.7 Å². The van der Waals surface area contributed by atoms with Crippen LogP contribution in [0.5, 0.6) is 0 Å². The summed E-state index contributed by atoms with van der Waals surface area (Å²) in [5.74, 6) is 0. The number of methoxy groups -OCH3 is 1. The van der Waals surface area contributed by atoms with E-state index in [1.54, 1.807) is 7.11 Å². The minimum absolute atomic E-state index is 0.120. The largest absolute Gasteiger partial charge is 0.673 e. The van der Waals surface area contributed by atoms with Crippen molar-refractivity contribution < 1.29 is 31.2 Å². The van der Waals surface area contributed by atoms with Crippen molar-refractivity contribution in [3.05, 3.63) is 0 Å². The van der Waals surface area contributed by atoms with Crippen LogP contribution in [-0.4, -0.2) is 51.5 Å². The number of ether oxygens (including phenoxy) is 2. The maximum atomic E-state index is 9.75. The van der Waals surface area contributed by atoms with E-state index in [2.05, 4.69) is 27.8 Å². The topological polar surface area (TPSA) is 18.5 Å². The number of nitrogens with zero attached hydrogens (tertiary/aromatic N) is 1. The second kappa shape index (κ2) is 8.71. The lowest BCUT2D eigenvalue weighted by Crippen LogP contribution is -2.52. The first-order valence-electron chi connectivity index (χ1n) is 5.90. The lowest BCUT2D eigenvalue weighted by atomic mass is 10.3. The highest BCUT2D eigenvalue weighted by Crippen LogP contribution is 2.12. The first kappa shape index (κ1) is 20.0. The molecule has 0 heterocycles. The van der Waals surface area contributed by atoms with Gasteiger partial charge in [0.15, 0.2) is 12.5 Å². The standard InChI is InChI=1S/C10H24NO2.BF4/c1-7-11(5,8-2)9(3)13-10(4)12-6;2-1(3,4)5/h9-10H,7-8H2,1-6H3;/q+1;-1. The second-order valence-electron chi connectivity index (χ2n) is 4.15. The third-order valence-corrected chi connectivity index (χ3v) is 3.04. The Bertz CT molecular complexity index is 207. The summed E-state index contributed by atoms with van der Waals surface area (Å²) >= 11 is 0. The van der Waals surface area contributed by atoms with Crippen LogP contribution in [0.3, 0.4) is 0 Å². The Kier molecular flexibility index (Phi) is 9.68. The molecule has 0 aromatic carbocycles. The van der Waals surface area contributed by atoms with Gasteiger partial charge in [-0.3, -0.25) is 0 Å². The van der Waals surface area contributed by atoms with Crippen molar-refractivity contribution >= 4 is 7.25 Å². The maximum absolute atomic E-state index is 9.75. The molecule has 0 aliphatic rings. The van der Waals surface area contributed by atoms with E-state index in [1.165, 1.54) is 0 Å². The molecule has 0 aliphatic carbocycles. The molecule has 0 aromatic heterocycles. The predicted molar refractivity (Wildman–Crippen MR) is 64.5 cm³/mol. The molecular formula is C10H24BF4NO2. The molecule has 0 saturated carbocycles. The Hall–Kier alpha value is -0.335. The van der Waals surface area contributed by atoms with E-state index in [0.717, 1.165) is 17.6 Å². The van der Waals surface area contributed by atoms with Gasteiger partial charge in [0.25, 0.3) is 0 Å². The Morgan fingerprint density at radius 1 is 1.06 bits per heavy atom. The van der Waals surface area contributed by atoms with Crippen molar-refractivity contribution in [2.75, 3.05) is 27.2 Å². The molecular weight excluding hydrogens is 253 g/mol. The summed E-state index contributed by atoms with van der Waals surface area (Å²) in [6.45, 7) is 10.5. The molecule has 0 aromatic rings. The summed E-state index contributed by atoms with van der Waals surface area (Å²) in [5, 5.41) is 0. The second-order valence-corrected chi connectivity index (χ2v) is 4.15. The molecule has 3 nitrogen and oxygen atoms in total. The molecule has 0 aliphatic heterocycles. The Labute approximate surface area is 107 Å². The monoisotopic (exact) mass is 277 g/mol. The van der Waals surface area contributed by atoms with Crippen LogP contribution in [-0.2, 0) is 9.47 Å². The zero-order chi connectivity index (χ0) is 15.0. The van der Waals surface area contributed by atoms with Gasteiger partial charge in [0.1, 0.15) is 0 Å². The molecule has 0 spiro atoms. The van der Waals surface area contributed by atoms with Crippen molar-refractivity contribution in [3.63, 3.8) is 0 Å². The van der Waals surface area contributed by atoms with Crippen LogP contribution in [0.4, 0.5) is 17.3 Å². The van der Waals surface area contributed by atoms with Gasteiger partial charge in [-0.15, -0.1) is 0 Å². The fourth-order valence-corrected chi connectivity index (χ4v) is 1.22.